The van der Waals surface area contributed by atoms with Crippen LogP contribution in [-0.4, -0.2) is 31.9 Å². The number of esters is 1. The van der Waals surface area contributed by atoms with Crippen LogP contribution in [0.5, 0.6) is 5.75 Å². The number of hydrogen-bond acceptors (Lipinski definition) is 4. The minimum absolute atomic E-state index is 0.320. The van der Waals surface area contributed by atoms with Gasteiger partial charge in [-0.25, -0.2) is 4.79 Å². The van der Waals surface area contributed by atoms with Gasteiger partial charge >= 0.3 is 5.97 Å². The van der Waals surface area contributed by atoms with Gasteiger partial charge in [-0.1, -0.05) is 68.4 Å². The van der Waals surface area contributed by atoms with E-state index in [4.69, 9.17) is 14.2 Å². The zero-order valence-corrected chi connectivity index (χ0v) is 21.8. The molecular weight excluding hydrogens is 448 g/mol. The lowest BCUT2D eigenvalue weighted by Crippen LogP contribution is -2.28. The summed E-state index contributed by atoms with van der Waals surface area (Å²) >= 11 is 0. The smallest absolute Gasteiger partial charge is 0.335 e. The van der Waals surface area contributed by atoms with Gasteiger partial charge in [0.2, 0.25) is 0 Å². The van der Waals surface area contributed by atoms with E-state index < -0.39 is 6.10 Å². The third-order valence-corrected chi connectivity index (χ3v) is 6.82. The molecule has 0 N–H and O–H groups in total. The molecule has 2 unspecified atom stereocenters. The average Bonchev–Trinajstić information content (AvgIpc) is 3.22. The summed E-state index contributed by atoms with van der Waals surface area (Å²) in [5, 5.41) is 0. The lowest BCUT2D eigenvalue weighted by atomic mass is 9.94. The van der Waals surface area contributed by atoms with Gasteiger partial charge in [0.15, 0.2) is 6.10 Å². The lowest BCUT2D eigenvalue weighted by Gasteiger charge is -2.15. The third-order valence-electron chi connectivity index (χ3n) is 6.82. The molecule has 3 aromatic carbocycles. The molecule has 0 aliphatic heterocycles. The molecular formula is C32H36O4. The molecule has 1 aliphatic carbocycles. The molecule has 0 heterocycles. The van der Waals surface area contributed by atoms with Crippen molar-refractivity contribution in [1.29, 1.82) is 0 Å². The Balaban J connectivity index is 1.46. The monoisotopic (exact) mass is 484 g/mol. The molecule has 0 radical (unpaired) electrons. The van der Waals surface area contributed by atoms with E-state index in [2.05, 4.69) is 62.4 Å². The second-order valence-corrected chi connectivity index (χ2v) is 9.13. The fourth-order valence-electron chi connectivity index (χ4n) is 4.68. The maximum absolute atomic E-state index is 12.1. The minimum atomic E-state index is -0.588. The Morgan fingerprint density at radius 3 is 2.28 bits per heavy atom. The number of benzene rings is 3. The molecule has 0 fully saturated rings. The van der Waals surface area contributed by atoms with Crippen LogP contribution in [0.2, 0.25) is 0 Å². The maximum atomic E-state index is 12.1. The molecule has 0 saturated carbocycles. The molecule has 0 spiro atoms. The molecule has 0 amide bonds. The Kier molecular flexibility index (Phi) is 8.61. The molecule has 0 bridgehead atoms. The van der Waals surface area contributed by atoms with E-state index in [0.717, 1.165) is 17.7 Å². The highest BCUT2D eigenvalue weighted by molar-refractivity contribution is 6.01. The highest BCUT2D eigenvalue weighted by atomic mass is 16.6. The van der Waals surface area contributed by atoms with Crippen LogP contribution in [0.4, 0.5) is 0 Å². The second kappa shape index (κ2) is 12.0. The summed E-state index contributed by atoms with van der Waals surface area (Å²) in [6.45, 7) is 9.48. The summed E-state index contributed by atoms with van der Waals surface area (Å²) in [5.74, 6) is 1.01. The van der Waals surface area contributed by atoms with E-state index in [0.29, 0.717) is 32.2 Å². The topological polar surface area (TPSA) is 44.8 Å². The van der Waals surface area contributed by atoms with E-state index in [1.807, 2.05) is 31.2 Å². The Morgan fingerprint density at radius 1 is 0.861 bits per heavy atom. The van der Waals surface area contributed by atoms with Gasteiger partial charge in [0.1, 0.15) is 12.4 Å². The summed E-state index contributed by atoms with van der Waals surface area (Å²) in [6.07, 6.45) is 3.19. The molecule has 4 rings (SSSR count). The van der Waals surface area contributed by atoms with Crippen LogP contribution in [0.25, 0.3) is 16.7 Å². The van der Waals surface area contributed by atoms with Gasteiger partial charge in [-0.2, -0.15) is 0 Å². The van der Waals surface area contributed by atoms with Gasteiger partial charge in [0.05, 0.1) is 6.61 Å². The quantitative estimate of drug-likeness (QED) is 0.211. The molecule has 3 aromatic rings. The fraction of sp³-hybridized carbons (Fsp3) is 0.344. The highest BCUT2D eigenvalue weighted by Gasteiger charge is 2.24. The van der Waals surface area contributed by atoms with E-state index in [-0.39, 0.29) is 5.97 Å². The van der Waals surface area contributed by atoms with E-state index in [9.17, 15) is 4.79 Å². The van der Waals surface area contributed by atoms with Crippen LogP contribution in [0, 0.1) is 0 Å². The van der Waals surface area contributed by atoms with Crippen molar-refractivity contribution >= 4 is 11.5 Å². The molecule has 2 atom stereocenters. The molecule has 4 heteroatoms. The van der Waals surface area contributed by atoms with Crippen molar-refractivity contribution < 1.29 is 19.0 Å². The Bertz CT molecular complexity index is 1210. The van der Waals surface area contributed by atoms with Gasteiger partial charge in [0, 0.05) is 13.0 Å². The molecule has 4 nitrogen and oxygen atoms in total. The number of carbonyl (C=O) groups excluding carboxylic acids is 1. The van der Waals surface area contributed by atoms with Crippen molar-refractivity contribution in [3.63, 3.8) is 0 Å². The Labute approximate surface area is 214 Å². The van der Waals surface area contributed by atoms with Crippen molar-refractivity contribution in [2.75, 3.05) is 19.8 Å². The number of rotatable bonds is 11. The lowest BCUT2D eigenvalue weighted by molar-refractivity contribution is -0.156. The number of ether oxygens (including phenoxy) is 3. The highest BCUT2D eigenvalue weighted by Crippen LogP contribution is 2.45. The summed E-state index contributed by atoms with van der Waals surface area (Å²) in [4.78, 5) is 12.1. The molecule has 0 saturated heterocycles. The van der Waals surface area contributed by atoms with Crippen molar-refractivity contribution in [3.05, 3.63) is 95.1 Å². The molecule has 1 aliphatic rings. The van der Waals surface area contributed by atoms with Crippen molar-refractivity contribution in [1.82, 2.24) is 0 Å². The summed E-state index contributed by atoms with van der Waals surface area (Å²) in [7, 11) is 0. The summed E-state index contributed by atoms with van der Waals surface area (Å²) in [6, 6.07) is 23.3. The van der Waals surface area contributed by atoms with Crippen molar-refractivity contribution in [2.24, 2.45) is 0 Å². The first-order valence-electron chi connectivity index (χ1n) is 13.0. The average molecular weight is 485 g/mol. The number of carbonyl (C=O) groups is 1. The van der Waals surface area contributed by atoms with Gasteiger partial charge in [0.25, 0.3) is 0 Å². The zero-order chi connectivity index (χ0) is 25.5. The first kappa shape index (κ1) is 25.7. The van der Waals surface area contributed by atoms with Gasteiger partial charge in [-0.15, -0.1) is 0 Å². The maximum Gasteiger partial charge on any atom is 0.335 e. The SMILES string of the molecule is CCOC(=O)C(Cc1ccc(OCC=C2c3ccccc3-c3cc(C(C)CC)ccc32)cc1)OCC. The zero-order valence-electron chi connectivity index (χ0n) is 21.8. The van der Waals surface area contributed by atoms with Gasteiger partial charge in [-0.3, -0.25) is 0 Å². The standard InChI is InChI=1S/C32H36O4/c1-5-22(4)24-14-17-28-29(26-10-8-9-11-27(26)30(28)21-24)18-19-36-25-15-12-23(13-16-25)20-31(34-6-2)32(33)35-7-3/h8-18,21-22,31H,5-7,19-20H2,1-4H3. The van der Waals surface area contributed by atoms with Crippen LogP contribution in [-0.2, 0) is 20.7 Å². The molecule has 36 heavy (non-hydrogen) atoms. The predicted molar refractivity (Wildman–Crippen MR) is 145 cm³/mol. The van der Waals surface area contributed by atoms with E-state index >= 15 is 0 Å². The third kappa shape index (κ3) is 5.71. The summed E-state index contributed by atoms with van der Waals surface area (Å²) in [5.41, 5.74) is 8.74. The van der Waals surface area contributed by atoms with Crippen molar-refractivity contribution in [3.8, 4) is 16.9 Å². The summed E-state index contributed by atoms with van der Waals surface area (Å²) < 4.78 is 16.8. The molecule has 0 aromatic heterocycles. The largest absolute Gasteiger partial charge is 0.490 e. The Hall–Kier alpha value is -3.37. The van der Waals surface area contributed by atoms with Crippen LogP contribution in [0.1, 0.15) is 62.3 Å². The van der Waals surface area contributed by atoms with Crippen LogP contribution < -0.4 is 4.74 Å². The van der Waals surface area contributed by atoms with E-state index in [1.165, 1.54) is 33.4 Å². The first-order chi connectivity index (χ1) is 17.5. The normalized spacial score (nSPS) is 14.7. The van der Waals surface area contributed by atoms with Crippen LogP contribution in [0.15, 0.2) is 72.8 Å². The second-order valence-electron chi connectivity index (χ2n) is 9.13. The number of fused-ring (bicyclic) bond motifs is 3. The van der Waals surface area contributed by atoms with E-state index in [1.54, 1.807) is 6.92 Å². The van der Waals surface area contributed by atoms with Crippen LogP contribution in [0.3, 0.4) is 0 Å². The van der Waals surface area contributed by atoms with Crippen molar-refractivity contribution in [2.45, 2.75) is 52.6 Å². The van der Waals surface area contributed by atoms with Crippen LogP contribution >= 0.6 is 0 Å². The Morgan fingerprint density at radius 2 is 1.58 bits per heavy atom. The fourth-order valence-corrected chi connectivity index (χ4v) is 4.68. The van der Waals surface area contributed by atoms with Gasteiger partial charge < -0.3 is 14.2 Å². The molecule has 188 valence electrons. The van der Waals surface area contributed by atoms with Gasteiger partial charge in [-0.05, 0) is 83.3 Å². The number of hydrogen-bond donors (Lipinski definition) is 0. The predicted octanol–water partition coefficient (Wildman–Crippen LogP) is 7.20. The minimum Gasteiger partial charge on any atom is -0.490 e. The first-order valence-corrected chi connectivity index (χ1v) is 13.0.